The Morgan fingerprint density at radius 3 is 2.61 bits per heavy atom. The molecule has 1 unspecified atom stereocenters. The molecule has 10 heteroatoms. The van der Waals surface area contributed by atoms with Gasteiger partial charge in [0.25, 0.3) is 0 Å². The molecule has 0 aliphatic carbocycles. The number of alkyl halides is 3. The molecule has 7 nitrogen and oxygen atoms in total. The third-order valence-corrected chi connectivity index (χ3v) is 5.74. The van der Waals surface area contributed by atoms with E-state index in [-0.39, 0.29) is 22.9 Å². The molecule has 0 saturated carbocycles. The zero-order valence-corrected chi connectivity index (χ0v) is 17.4. The molecule has 2 aromatic heterocycles. The monoisotopic (exact) mass is 432 g/mol. The normalized spacial score (nSPS) is 19.2. The molecule has 0 spiro atoms. The van der Waals surface area contributed by atoms with E-state index in [4.69, 9.17) is 10.5 Å². The van der Waals surface area contributed by atoms with Crippen LogP contribution in [0.4, 0.5) is 30.6 Å². The molecular weight excluding hydrogens is 409 g/mol. The second-order valence-electron chi connectivity index (χ2n) is 7.58. The Bertz CT molecular complexity index is 1140. The molecule has 0 bridgehead atoms. The number of rotatable bonds is 4. The van der Waals surface area contributed by atoms with Crippen LogP contribution >= 0.6 is 0 Å². The Labute approximate surface area is 177 Å². The summed E-state index contributed by atoms with van der Waals surface area (Å²) >= 11 is 0. The smallest absolute Gasteiger partial charge is 0.372 e. The third-order valence-electron chi connectivity index (χ3n) is 5.74. The van der Waals surface area contributed by atoms with Gasteiger partial charge in [-0.05, 0) is 44.0 Å². The van der Waals surface area contributed by atoms with Gasteiger partial charge in [0.15, 0.2) is 5.65 Å². The summed E-state index contributed by atoms with van der Waals surface area (Å²) in [6.45, 7) is 2.45. The summed E-state index contributed by atoms with van der Waals surface area (Å²) in [5, 5.41) is 3.47. The number of hydrogen-bond acceptors (Lipinski definition) is 7. The first-order valence-electron chi connectivity index (χ1n) is 9.83. The first kappa shape index (κ1) is 21.1. The Morgan fingerprint density at radius 1 is 1.16 bits per heavy atom. The highest BCUT2D eigenvalue weighted by Crippen LogP contribution is 2.45. The number of nitrogens with one attached hydrogen (secondary N) is 1. The molecule has 1 aromatic carbocycles. The number of fused-ring (bicyclic) bond motifs is 1. The maximum atomic E-state index is 14.0. The topological polar surface area (TPSA) is 89.2 Å². The first-order chi connectivity index (χ1) is 14.7. The van der Waals surface area contributed by atoms with E-state index in [0.717, 1.165) is 12.5 Å². The quantitative estimate of drug-likeness (QED) is 0.635. The SMILES string of the molecule is CNc1nc(N)nc2nc(-c3c(N4CCCC4(C)OC)cccc3C(F)(F)F)ccc12. The van der Waals surface area contributed by atoms with Crippen molar-refractivity contribution in [2.75, 3.05) is 36.7 Å². The van der Waals surface area contributed by atoms with E-state index in [0.29, 0.717) is 29.9 Å². The number of methoxy groups -OCH3 is 1. The number of anilines is 3. The average molecular weight is 432 g/mol. The predicted octanol–water partition coefficient (Wildman–Crippen LogP) is 4.30. The number of aromatic nitrogens is 3. The summed E-state index contributed by atoms with van der Waals surface area (Å²) in [5.74, 6) is 0.440. The molecule has 0 amide bonds. The largest absolute Gasteiger partial charge is 0.417 e. The van der Waals surface area contributed by atoms with Crippen molar-refractivity contribution in [3.8, 4) is 11.3 Å². The number of halogens is 3. The van der Waals surface area contributed by atoms with Gasteiger partial charge < -0.3 is 20.7 Å². The van der Waals surface area contributed by atoms with Gasteiger partial charge in [-0.25, -0.2) is 4.98 Å². The van der Waals surface area contributed by atoms with Gasteiger partial charge in [-0.15, -0.1) is 0 Å². The highest BCUT2D eigenvalue weighted by atomic mass is 19.4. The van der Waals surface area contributed by atoms with Crippen LogP contribution in [-0.2, 0) is 10.9 Å². The lowest BCUT2D eigenvalue weighted by Crippen LogP contribution is -2.43. The highest BCUT2D eigenvalue weighted by molar-refractivity contribution is 5.91. The minimum Gasteiger partial charge on any atom is -0.372 e. The molecule has 4 rings (SSSR count). The van der Waals surface area contributed by atoms with Crippen LogP contribution in [0.1, 0.15) is 25.3 Å². The molecular formula is C21H23F3N6O. The maximum absolute atomic E-state index is 14.0. The lowest BCUT2D eigenvalue weighted by molar-refractivity contribution is -0.137. The zero-order valence-electron chi connectivity index (χ0n) is 17.4. The van der Waals surface area contributed by atoms with Crippen LogP contribution in [0.25, 0.3) is 22.3 Å². The van der Waals surface area contributed by atoms with Crippen molar-refractivity contribution in [1.29, 1.82) is 0 Å². The van der Waals surface area contributed by atoms with Crippen molar-refractivity contribution in [1.82, 2.24) is 15.0 Å². The first-order valence-corrected chi connectivity index (χ1v) is 9.83. The molecule has 0 radical (unpaired) electrons. The van der Waals surface area contributed by atoms with Crippen LogP contribution in [0.15, 0.2) is 30.3 Å². The summed E-state index contributed by atoms with van der Waals surface area (Å²) < 4.78 is 47.8. The summed E-state index contributed by atoms with van der Waals surface area (Å²) in [6, 6.07) is 7.36. The number of ether oxygens (including phenoxy) is 1. The summed E-state index contributed by atoms with van der Waals surface area (Å²) in [7, 11) is 3.24. The third kappa shape index (κ3) is 3.60. The minimum absolute atomic E-state index is 0.00901. The standard InChI is InChI=1S/C21H23F3N6O/c1-20(31-3)10-5-11-30(20)15-7-4-6-13(21(22,23)24)16(15)14-9-8-12-17(26-2)28-19(25)29-18(12)27-14/h4,6-9H,5,10-11H2,1-3H3,(H3,25,26,27,28,29). The molecule has 1 atom stereocenters. The van der Waals surface area contributed by atoms with E-state index in [1.165, 1.54) is 6.07 Å². The van der Waals surface area contributed by atoms with Gasteiger partial charge in [-0.1, -0.05) is 6.07 Å². The number of hydrogen-bond donors (Lipinski definition) is 2. The highest BCUT2D eigenvalue weighted by Gasteiger charge is 2.41. The van der Waals surface area contributed by atoms with E-state index >= 15 is 0 Å². The number of nitrogen functional groups attached to an aromatic ring is 1. The van der Waals surface area contributed by atoms with Crippen LogP contribution < -0.4 is 16.0 Å². The summed E-state index contributed by atoms with van der Waals surface area (Å²) in [4.78, 5) is 14.6. The van der Waals surface area contributed by atoms with Gasteiger partial charge in [0.1, 0.15) is 11.5 Å². The molecule has 164 valence electrons. The van der Waals surface area contributed by atoms with Crippen LogP contribution in [-0.4, -0.2) is 41.4 Å². The van der Waals surface area contributed by atoms with E-state index < -0.39 is 17.5 Å². The molecule has 1 aliphatic heterocycles. The Kier molecular flexibility index (Phi) is 5.12. The van der Waals surface area contributed by atoms with Gasteiger partial charge in [0.2, 0.25) is 5.95 Å². The van der Waals surface area contributed by atoms with Crippen LogP contribution in [0.2, 0.25) is 0 Å². The summed E-state index contributed by atoms with van der Waals surface area (Å²) in [6.07, 6.45) is -3.05. The van der Waals surface area contributed by atoms with Crippen molar-refractivity contribution in [3.05, 3.63) is 35.9 Å². The molecule has 3 aromatic rings. The minimum atomic E-state index is -4.56. The number of pyridine rings is 1. The number of nitrogens with two attached hydrogens (primary N) is 1. The lowest BCUT2D eigenvalue weighted by Gasteiger charge is -2.37. The van der Waals surface area contributed by atoms with Gasteiger partial charge in [-0.2, -0.15) is 23.1 Å². The fourth-order valence-electron chi connectivity index (χ4n) is 4.15. The lowest BCUT2D eigenvalue weighted by atomic mass is 9.99. The van der Waals surface area contributed by atoms with Gasteiger partial charge in [0.05, 0.1) is 16.6 Å². The maximum Gasteiger partial charge on any atom is 0.417 e. The molecule has 1 saturated heterocycles. The number of benzene rings is 1. The van der Waals surface area contributed by atoms with E-state index in [9.17, 15) is 13.2 Å². The van der Waals surface area contributed by atoms with Crippen LogP contribution in [0.3, 0.4) is 0 Å². The zero-order chi connectivity index (χ0) is 22.4. The van der Waals surface area contributed by atoms with Crippen molar-refractivity contribution in [3.63, 3.8) is 0 Å². The van der Waals surface area contributed by atoms with E-state index in [2.05, 4.69) is 20.3 Å². The van der Waals surface area contributed by atoms with Crippen molar-refractivity contribution in [2.24, 2.45) is 0 Å². The second kappa shape index (κ2) is 7.52. The van der Waals surface area contributed by atoms with Crippen LogP contribution in [0, 0.1) is 0 Å². The van der Waals surface area contributed by atoms with Gasteiger partial charge in [-0.3, -0.25) is 0 Å². The molecule has 1 aliphatic rings. The fourth-order valence-corrected chi connectivity index (χ4v) is 4.15. The van der Waals surface area contributed by atoms with E-state index in [1.807, 2.05) is 11.8 Å². The van der Waals surface area contributed by atoms with Gasteiger partial charge >= 0.3 is 6.18 Å². The fraction of sp³-hybridized carbons (Fsp3) is 0.381. The molecule has 1 fully saturated rings. The van der Waals surface area contributed by atoms with Crippen molar-refractivity contribution in [2.45, 2.75) is 31.7 Å². The van der Waals surface area contributed by atoms with Crippen molar-refractivity contribution < 1.29 is 17.9 Å². The van der Waals surface area contributed by atoms with E-state index in [1.54, 1.807) is 32.4 Å². The number of nitrogens with zero attached hydrogens (tertiary/aromatic N) is 4. The van der Waals surface area contributed by atoms with Gasteiger partial charge in [0, 0.05) is 32.0 Å². The Morgan fingerprint density at radius 2 is 1.94 bits per heavy atom. The Balaban J connectivity index is 1.99. The average Bonchev–Trinajstić information content (AvgIpc) is 3.13. The molecule has 31 heavy (non-hydrogen) atoms. The predicted molar refractivity (Wildman–Crippen MR) is 114 cm³/mol. The summed E-state index contributed by atoms with van der Waals surface area (Å²) in [5.41, 5.74) is 5.07. The Hall–Kier alpha value is -3.14. The second-order valence-corrected chi connectivity index (χ2v) is 7.58. The van der Waals surface area contributed by atoms with Crippen LogP contribution in [0.5, 0.6) is 0 Å². The molecule has 3 heterocycles. The molecule has 3 N–H and O–H groups in total. The van der Waals surface area contributed by atoms with Crippen molar-refractivity contribution >= 4 is 28.5 Å².